The zero-order valence-corrected chi connectivity index (χ0v) is 21.2. The molecule has 1 aromatic heterocycles. The Morgan fingerprint density at radius 3 is 2.67 bits per heavy atom. The minimum atomic E-state index is -0.554. The summed E-state index contributed by atoms with van der Waals surface area (Å²) in [5.41, 5.74) is 1.81. The van der Waals surface area contributed by atoms with Crippen LogP contribution in [0.4, 0.5) is 11.4 Å². The van der Waals surface area contributed by atoms with Gasteiger partial charge in [0, 0.05) is 50.5 Å². The molecule has 12 heteroatoms. The van der Waals surface area contributed by atoms with E-state index in [9.17, 15) is 20.2 Å². The fourth-order valence-electron chi connectivity index (χ4n) is 4.46. The number of amides is 1. The molecule has 200 valence electrons. The minimum absolute atomic E-state index is 0.0216. The van der Waals surface area contributed by atoms with Gasteiger partial charge in [-0.1, -0.05) is 6.07 Å². The zero-order chi connectivity index (χ0) is 27.4. The normalized spacial score (nSPS) is 15.3. The van der Waals surface area contributed by atoms with E-state index in [0.717, 1.165) is 42.9 Å². The Hall–Kier alpha value is -4.89. The highest BCUT2D eigenvalue weighted by molar-refractivity contribution is 5.84. The molecule has 1 N–H and O–H groups in total. The number of aromatic nitrogens is 1. The van der Waals surface area contributed by atoms with Crippen LogP contribution in [0.25, 0.3) is 0 Å². The van der Waals surface area contributed by atoms with Crippen LogP contribution in [0.3, 0.4) is 0 Å². The molecule has 3 aromatic rings. The summed E-state index contributed by atoms with van der Waals surface area (Å²) < 4.78 is 16.5. The van der Waals surface area contributed by atoms with Crippen LogP contribution in [0, 0.1) is 21.4 Å². The van der Waals surface area contributed by atoms with Gasteiger partial charge in [-0.15, -0.1) is 0 Å². The van der Waals surface area contributed by atoms with Gasteiger partial charge in [-0.2, -0.15) is 5.26 Å². The monoisotopic (exact) mass is 530 g/mol. The van der Waals surface area contributed by atoms with Crippen LogP contribution in [-0.4, -0.2) is 64.6 Å². The van der Waals surface area contributed by atoms with Crippen LogP contribution in [0.15, 0.2) is 54.7 Å². The number of carbonyl (C=O) groups is 1. The highest BCUT2D eigenvalue weighted by atomic mass is 16.7. The summed E-state index contributed by atoms with van der Waals surface area (Å²) in [7, 11) is 0. The maximum atomic E-state index is 13.1. The van der Waals surface area contributed by atoms with E-state index in [-0.39, 0.29) is 35.6 Å². The number of nitrogens with one attached hydrogen (secondary N) is 1. The van der Waals surface area contributed by atoms with E-state index in [1.807, 2.05) is 23.1 Å². The lowest BCUT2D eigenvalue weighted by molar-refractivity contribution is -0.385. The summed E-state index contributed by atoms with van der Waals surface area (Å²) in [5.74, 6) is 1.89. The van der Waals surface area contributed by atoms with Crippen molar-refractivity contribution < 1.29 is 23.9 Å². The van der Waals surface area contributed by atoms with Crippen LogP contribution in [-0.2, 0) is 11.3 Å². The van der Waals surface area contributed by atoms with Gasteiger partial charge in [0.15, 0.2) is 11.5 Å². The van der Waals surface area contributed by atoms with Crippen molar-refractivity contribution in [3.05, 3.63) is 76.0 Å². The summed E-state index contributed by atoms with van der Waals surface area (Å²) in [6, 6.07) is 15.1. The summed E-state index contributed by atoms with van der Waals surface area (Å²) >= 11 is 0. The van der Waals surface area contributed by atoms with Gasteiger partial charge in [-0.25, -0.2) is 4.98 Å². The molecule has 5 rings (SSSR count). The fourth-order valence-corrected chi connectivity index (χ4v) is 4.46. The number of pyridine rings is 1. The number of hydrogen-bond donors (Lipinski definition) is 1. The van der Waals surface area contributed by atoms with E-state index in [4.69, 9.17) is 14.2 Å². The predicted molar refractivity (Wildman–Crippen MR) is 140 cm³/mol. The number of nitro groups is 1. The van der Waals surface area contributed by atoms with Gasteiger partial charge in [0.25, 0.3) is 5.69 Å². The number of benzene rings is 2. The number of anilines is 1. The topological polar surface area (TPSA) is 143 Å². The van der Waals surface area contributed by atoms with Crippen molar-refractivity contribution in [2.24, 2.45) is 0 Å². The number of piperazine rings is 1. The average molecular weight is 531 g/mol. The second-order valence-electron chi connectivity index (χ2n) is 9.19. The lowest BCUT2D eigenvalue weighted by Crippen LogP contribution is -2.51. The maximum absolute atomic E-state index is 13.1. The molecular weight excluding hydrogens is 504 g/mol. The predicted octanol–water partition coefficient (Wildman–Crippen LogP) is 3.53. The molecule has 2 aliphatic heterocycles. The average Bonchev–Trinajstić information content (AvgIpc) is 3.42. The first-order chi connectivity index (χ1) is 18.9. The maximum Gasteiger partial charge on any atom is 0.287 e. The number of fused-ring (bicyclic) bond motifs is 1. The molecule has 0 bridgehead atoms. The Morgan fingerprint density at radius 2 is 1.95 bits per heavy atom. The van der Waals surface area contributed by atoms with Crippen molar-refractivity contribution in [1.29, 1.82) is 5.26 Å². The molecule has 12 nitrogen and oxygen atoms in total. The number of ether oxygens (including phenoxy) is 3. The fraction of sp³-hybridized carbons (Fsp3) is 0.296. The van der Waals surface area contributed by atoms with Crippen LogP contribution >= 0.6 is 0 Å². The Kier molecular flexibility index (Phi) is 7.42. The van der Waals surface area contributed by atoms with Crippen LogP contribution in [0.2, 0.25) is 0 Å². The third kappa shape index (κ3) is 6.00. The number of nitriles is 1. The van der Waals surface area contributed by atoms with E-state index < -0.39 is 11.0 Å². The van der Waals surface area contributed by atoms with Crippen LogP contribution < -0.4 is 19.5 Å². The lowest BCUT2D eigenvalue weighted by Gasteiger charge is -2.36. The summed E-state index contributed by atoms with van der Waals surface area (Å²) in [5, 5.41) is 23.6. The molecular formula is C27H26N6O6. The first kappa shape index (κ1) is 25.7. The van der Waals surface area contributed by atoms with Gasteiger partial charge in [-0.05, 0) is 42.8 Å². The number of hydrogen-bond acceptors (Lipinski definition) is 10. The van der Waals surface area contributed by atoms with Gasteiger partial charge in [0.1, 0.15) is 24.1 Å². The quantitative estimate of drug-likeness (QED) is 0.339. The van der Waals surface area contributed by atoms with E-state index in [2.05, 4.69) is 21.3 Å². The van der Waals surface area contributed by atoms with Crippen molar-refractivity contribution >= 4 is 17.3 Å². The third-order valence-corrected chi connectivity index (χ3v) is 6.53. The lowest BCUT2D eigenvalue weighted by atomic mass is 10.1. The standard InChI is InChI=1S/C27H26N6O6/c1-18(27(34)32-10-8-31(9-11-32)16-19-2-5-24-25(12-19)38-17-37-24)30-21-3-6-23(20(13-21)14-28)39-26-7-4-22(15-29-26)33(35)36/h2-7,12-13,15,18,30H,8-11,16-17H2,1H3. The molecule has 3 heterocycles. The van der Waals surface area contributed by atoms with E-state index in [1.54, 1.807) is 25.1 Å². The highest BCUT2D eigenvalue weighted by Gasteiger charge is 2.25. The van der Waals surface area contributed by atoms with Crippen molar-refractivity contribution in [3.63, 3.8) is 0 Å². The Balaban J connectivity index is 1.14. The van der Waals surface area contributed by atoms with Gasteiger partial charge in [0.2, 0.25) is 18.6 Å². The van der Waals surface area contributed by atoms with Crippen molar-refractivity contribution in [2.75, 3.05) is 38.3 Å². The molecule has 39 heavy (non-hydrogen) atoms. The molecule has 0 saturated carbocycles. The second-order valence-corrected chi connectivity index (χ2v) is 9.19. The highest BCUT2D eigenvalue weighted by Crippen LogP contribution is 2.33. The molecule has 1 atom stereocenters. The minimum Gasteiger partial charge on any atom is -0.454 e. The molecule has 1 unspecified atom stereocenters. The number of nitrogens with zero attached hydrogens (tertiary/aromatic N) is 5. The van der Waals surface area contributed by atoms with E-state index in [1.165, 1.54) is 12.1 Å². The molecule has 2 aromatic carbocycles. The first-order valence-electron chi connectivity index (χ1n) is 12.4. The molecule has 0 aliphatic carbocycles. The smallest absolute Gasteiger partial charge is 0.287 e. The third-order valence-electron chi connectivity index (χ3n) is 6.53. The Morgan fingerprint density at radius 1 is 1.15 bits per heavy atom. The van der Waals surface area contributed by atoms with Crippen LogP contribution in [0.5, 0.6) is 23.1 Å². The van der Waals surface area contributed by atoms with Crippen molar-refractivity contribution in [3.8, 4) is 29.2 Å². The summed E-state index contributed by atoms with van der Waals surface area (Å²) in [4.78, 5) is 31.4. The molecule has 2 aliphatic rings. The van der Waals surface area contributed by atoms with Crippen molar-refractivity contribution in [2.45, 2.75) is 19.5 Å². The Labute approximate surface area is 224 Å². The van der Waals surface area contributed by atoms with E-state index >= 15 is 0 Å². The Bertz CT molecular complexity index is 1420. The van der Waals surface area contributed by atoms with Crippen LogP contribution in [0.1, 0.15) is 18.1 Å². The van der Waals surface area contributed by atoms with Gasteiger partial charge in [0.05, 0.1) is 10.5 Å². The summed E-state index contributed by atoms with van der Waals surface area (Å²) in [6.45, 7) is 5.57. The van der Waals surface area contributed by atoms with Gasteiger partial charge < -0.3 is 24.4 Å². The summed E-state index contributed by atoms with van der Waals surface area (Å²) in [6.07, 6.45) is 1.09. The first-order valence-corrected chi connectivity index (χ1v) is 12.4. The van der Waals surface area contributed by atoms with E-state index in [0.29, 0.717) is 18.8 Å². The zero-order valence-electron chi connectivity index (χ0n) is 21.2. The molecule has 0 radical (unpaired) electrons. The SMILES string of the molecule is CC(Nc1ccc(Oc2ccc([N+](=O)[O-])cn2)c(C#N)c1)C(=O)N1CCN(Cc2ccc3c(c2)OCO3)CC1. The van der Waals surface area contributed by atoms with Gasteiger partial charge in [-0.3, -0.25) is 19.8 Å². The molecule has 1 amide bonds. The number of carbonyl (C=O) groups excluding carboxylic acids is 1. The molecule has 1 saturated heterocycles. The van der Waals surface area contributed by atoms with Gasteiger partial charge >= 0.3 is 0 Å². The largest absolute Gasteiger partial charge is 0.454 e. The second kappa shape index (κ2) is 11.2. The molecule has 1 fully saturated rings. The number of rotatable bonds is 8. The molecule has 0 spiro atoms. The van der Waals surface area contributed by atoms with Crippen molar-refractivity contribution in [1.82, 2.24) is 14.8 Å².